The van der Waals surface area contributed by atoms with Crippen molar-refractivity contribution in [3.8, 4) is 11.5 Å². The minimum atomic E-state index is 0.0171. The molecule has 1 aromatic heterocycles. The predicted octanol–water partition coefficient (Wildman–Crippen LogP) is 3.11. The van der Waals surface area contributed by atoms with E-state index in [4.69, 9.17) is 14.2 Å². The monoisotopic (exact) mass is 456 g/mol. The van der Waals surface area contributed by atoms with Crippen molar-refractivity contribution < 1.29 is 19.0 Å². The number of carbonyl (C=O) groups excluding carboxylic acids is 1. The first-order valence-electron chi connectivity index (χ1n) is 11.9. The standard InChI is InChI=1S/C25H36N4O4/c1-27-14-11-26-24(27)18-28-12-5-4-7-21-22(32-3)8-6-13-29(21)25(30)20-10-9-19(31-2)17-23(20)33-16-15-28/h9-11,14,17,21-22H,4-8,12-13,15-16,18H2,1-3H3/t21-,22-/m1/s1. The number of carbonyl (C=O) groups is 1. The van der Waals surface area contributed by atoms with Crippen molar-refractivity contribution >= 4 is 5.91 Å². The molecule has 8 nitrogen and oxygen atoms in total. The Balaban J connectivity index is 1.61. The van der Waals surface area contributed by atoms with Crippen LogP contribution in [0.4, 0.5) is 0 Å². The van der Waals surface area contributed by atoms with E-state index in [1.165, 1.54) is 0 Å². The number of fused-ring (bicyclic) bond motifs is 2. The summed E-state index contributed by atoms with van der Waals surface area (Å²) in [6, 6.07) is 5.56. The summed E-state index contributed by atoms with van der Waals surface area (Å²) >= 11 is 0. The second-order valence-electron chi connectivity index (χ2n) is 8.92. The Labute approximate surface area is 196 Å². The van der Waals surface area contributed by atoms with E-state index >= 15 is 0 Å². The highest BCUT2D eigenvalue weighted by molar-refractivity contribution is 5.97. The van der Waals surface area contributed by atoms with Crippen LogP contribution < -0.4 is 9.47 Å². The minimum Gasteiger partial charge on any atom is -0.497 e. The molecule has 4 rings (SSSR count). The number of nitrogens with zero attached hydrogens (tertiary/aromatic N) is 4. The first-order chi connectivity index (χ1) is 16.1. The highest BCUT2D eigenvalue weighted by Crippen LogP contribution is 2.31. The van der Waals surface area contributed by atoms with E-state index in [1.807, 2.05) is 42.5 Å². The number of piperidine rings is 1. The number of hydrogen-bond acceptors (Lipinski definition) is 6. The first kappa shape index (κ1) is 23.6. The average Bonchev–Trinajstić information content (AvgIpc) is 3.24. The molecule has 2 aliphatic heterocycles. The number of rotatable bonds is 4. The van der Waals surface area contributed by atoms with Crippen LogP contribution >= 0.6 is 0 Å². The van der Waals surface area contributed by atoms with Gasteiger partial charge in [0.2, 0.25) is 0 Å². The highest BCUT2D eigenvalue weighted by Gasteiger charge is 2.35. The number of imidazole rings is 1. The topological polar surface area (TPSA) is 69.1 Å². The summed E-state index contributed by atoms with van der Waals surface area (Å²) < 4.78 is 19.5. The van der Waals surface area contributed by atoms with E-state index in [9.17, 15) is 4.79 Å². The number of amides is 1. The van der Waals surface area contributed by atoms with Gasteiger partial charge >= 0.3 is 0 Å². The van der Waals surface area contributed by atoms with E-state index in [2.05, 4.69) is 14.5 Å². The zero-order valence-electron chi connectivity index (χ0n) is 20.0. The lowest BCUT2D eigenvalue weighted by molar-refractivity contribution is -0.0155. The summed E-state index contributed by atoms with van der Waals surface area (Å²) in [6.07, 6.45) is 8.85. The van der Waals surface area contributed by atoms with Crippen LogP contribution in [0.3, 0.4) is 0 Å². The van der Waals surface area contributed by atoms with Gasteiger partial charge in [-0.1, -0.05) is 6.42 Å². The van der Waals surface area contributed by atoms with Crippen LogP contribution in [0.5, 0.6) is 11.5 Å². The molecule has 1 fully saturated rings. The smallest absolute Gasteiger partial charge is 0.257 e. The van der Waals surface area contributed by atoms with Crippen LogP contribution in [0.2, 0.25) is 0 Å². The fourth-order valence-electron chi connectivity index (χ4n) is 4.96. The van der Waals surface area contributed by atoms with Crippen molar-refractivity contribution in [1.82, 2.24) is 19.4 Å². The average molecular weight is 457 g/mol. The number of methoxy groups -OCH3 is 2. The van der Waals surface area contributed by atoms with Crippen molar-refractivity contribution in [1.29, 1.82) is 0 Å². The summed E-state index contributed by atoms with van der Waals surface area (Å²) in [4.78, 5) is 22.6. The molecule has 0 saturated carbocycles. The fraction of sp³-hybridized carbons (Fsp3) is 0.600. The molecule has 2 aromatic rings. The molecule has 0 aliphatic carbocycles. The number of benzene rings is 1. The quantitative estimate of drug-likeness (QED) is 0.704. The molecule has 0 bridgehead atoms. The van der Waals surface area contributed by atoms with Crippen LogP contribution in [-0.2, 0) is 18.3 Å². The summed E-state index contributed by atoms with van der Waals surface area (Å²) in [5, 5.41) is 0. The van der Waals surface area contributed by atoms with Crippen LogP contribution in [-0.4, -0.2) is 77.9 Å². The van der Waals surface area contributed by atoms with Crippen molar-refractivity contribution in [3.63, 3.8) is 0 Å². The lowest BCUT2D eigenvalue weighted by atomic mass is 9.93. The van der Waals surface area contributed by atoms with Crippen LogP contribution in [0, 0.1) is 0 Å². The van der Waals surface area contributed by atoms with Gasteiger partial charge in [-0.3, -0.25) is 9.69 Å². The predicted molar refractivity (Wildman–Crippen MR) is 126 cm³/mol. The molecule has 1 aromatic carbocycles. The van der Waals surface area contributed by atoms with Crippen LogP contribution in [0.15, 0.2) is 30.6 Å². The number of aryl methyl sites for hydroxylation is 1. The molecule has 0 N–H and O–H groups in total. The third-order valence-corrected chi connectivity index (χ3v) is 6.88. The van der Waals surface area contributed by atoms with Crippen molar-refractivity contribution in [2.24, 2.45) is 7.05 Å². The largest absolute Gasteiger partial charge is 0.497 e. The molecule has 0 radical (unpaired) electrons. The molecule has 1 amide bonds. The van der Waals surface area contributed by atoms with Crippen molar-refractivity contribution in [3.05, 3.63) is 42.0 Å². The number of aromatic nitrogens is 2. The highest BCUT2D eigenvalue weighted by atomic mass is 16.5. The molecule has 2 aliphatic rings. The Morgan fingerprint density at radius 2 is 2.00 bits per heavy atom. The van der Waals surface area contributed by atoms with E-state index in [-0.39, 0.29) is 18.1 Å². The normalized spacial score (nSPS) is 22.9. The Kier molecular flexibility index (Phi) is 7.88. The Morgan fingerprint density at radius 1 is 1.12 bits per heavy atom. The SMILES string of the molecule is COc1ccc2c(c1)OCCN(Cc1nccn1C)CCCC[C@@H]1[C@H](OC)CCCN1C2=O. The van der Waals surface area contributed by atoms with E-state index in [0.717, 1.165) is 64.1 Å². The fourth-order valence-corrected chi connectivity index (χ4v) is 4.96. The molecule has 8 heteroatoms. The van der Waals surface area contributed by atoms with E-state index < -0.39 is 0 Å². The molecule has 33 heavy (non-hydrogen) atoms. The molecule has 0 spiro atoms. The molecule has 1 saturated heterocycles. The van der Waals surface area contributed by atoms with Gasteiger partial charge in [0.25, 0.3) is 5.91 Å². The molecule has 0 unspecified atom stereocenters. The molecule has 180 valence electrons. The summed E-state index contributed by atoms with van der Waals surface area (Å²) in [6.45, 7) is 3.72. The Hall–Kier alpha value is -2.58. The lowest BCUT2D eigenvalue weighted by Crippen LogP contribution is -2.51. The van der Waals surface area contributed by atoms with Gasteiger partial charge in [0.15, 0.2) is 0 Å². The third-order valence-electron chi connectivity index (χ3n) is 6.88. The summed E-state index contributed by atoms with van der Waals surface area (Å²) in [5.74, 6) is 2.31. The van der Waals surface area contributed by atoms with Gasteiger partial charge in [-0.15, -0.1) is 0 Å². The number of hydrogen-bond donors (Lipinski definition) is 0. The van der Waals surface area contributed by atoms with Gasteiger partial charge in [-0.05, 0) is 44.4 Å². The summed E-state index contributed by atoms with van der Waals surface area (Å²) in [5.41, 5.74) is 0.590. The molecular weight excluding hydrogens is 420 g/mol. The van der Waals surface area contributed by atoms with Gasteiger partial charge in [0, 0.05) is 45.7 Å². The first-order valence-corrected chi connectivity index (χ1v) is 11.9. The number of ether oxygens (including phenoxy) is 3. The van der Waals surface area contributed by atoms with Crippen molar-refractivity contribution in [2.45, 2.75) is 50.8 Å². The second kappa shape index (κ2) is 11.0. The molecule has 2 atom stereocenters. The lowest BCUT2D eigenvalue weighted by Gasteiger charge is -2.41. The zero-order chi connectivity index (χ0) is 23.2. The van der Waals surface area contributed by atoms with Gasteiger partial charge in [0.1, 0.15) is 23.9 Å². The third kappa shape index (κ3) is 5.50. The minimum absolute atomic E-state index is 0.0171. The summed E-state index contributed by atoms with van der Waals surface area (Å²) in [7, 11) is 5.41. The Bertz CT molecular complexity index is 931. The van der Waals surface area contributed by atoms with Gasteiger partial charge in [0.05, 0.1) is 31.4 Å². The van der Waals surface area contributed by atoms with Crippen LogP contribution in [0.25, 0.3) is 0 Å². The zero-order valence-corrected chi connectivity index (χ0v) is 20.0. The Morgan fingerprint density at radius 3 is 2.76 bits per heavy atom. The van der Waals surface area contributed by atoms with Gasteiger partial charge in [-0.25, -0.2) is 4.98 Å². The molecular formula is C25H36N4O4. The van der Waals surface area contributed by atoms with Gasteiger partial charge < -0.3 is 23.7 Å². The van der Waals surface area contributed by atoms with E-state index in [0.29, 0.717) is 23.7 Å². The maximum Gasteiger partial charge on any atom is 0.257 e. The second-order valence-corrected chi connectivity index (χ2v) is 8.92. The maximum absolute atomic E-state index is 13.7. The maximum atomic E-state index is 13.7. The molecule has 3 heterocycles. The van der Waals surface area contributed by atoms with Gasteiger partial charge in [-0.2, -0.15) is 0 Å². The van der Waals surface area contributed by atoms with Crippen molar-refractivity contribution in [2.75, 3.05) is 40.5 Å². The van der Waals surface area contributed by atoms with E-state index in [1.54, 1.807) is 14.2 Å². The van der Waals surface area contributed by atoms with Crippen LogP contribution in [0.1, 0.15) is 48.3 Å².